The van der Waals surface area contributed by atoms with Crippen LogP contribution in [-0.4, -0.2) is 29.2 Å². The van der Waals surface area contributed by atoms with E-state index >= 15 is 0 Å². The van der Waals surface area contributed by atoms with Gasteiger partial charge < -0.3 is 5.32 Å². The van der Waals surface area contributed by atoms with Crippen LogP contribution in [0.4, 0.5) is 14.5 Å². The van der Waals surface area contributed by atoms with Crippen LogP contribution in [-0.2, 0) is 4.79 Å². The Bertz CT molecular complexity index is 919. The lowest BCUT2D eigenvalue weighted by Gasteiger charge is -2.09. The van der Waals surface area contributed by atoms with E-state index in [0.29, 0.717) is 6.07 Å². The smallest absolute Gasteiger partial charge is 0.270 e. The van der Waals surface area contributed by atoms with Crippen LogP contribution in [0.1, 0.15) is 20.7 Å². The normalized spacial score (nSPS) is 10.0. The first kappa shape index (κ1) is 19.4. The van der Waals surface area contributed by atoms with Crippen LogP contribution in [0.5, 0.6) is 0 Å². The topological polar surface area (TPSA) is 130 Å². The van der Waals surface area contributed by atoms with Gasteiger partial charge in [0.25, 0.3) is 23.4 Å². The summed E-state index contributed by atoms with van der Waals surface area (Å²) in [6.45, 7) is -0.606. The zero-order valence-corrected chi connectivity index (χ0v) is 13.5. The highest BCUT2D eigenvalue weighted by Gasteiger charge is 2.15. The number of carbonyl (C=O) groups is 3. The average Bonchev–Trinajstić information content (AvgIpc) is 2.64. The summed E-state index contributed by atoms with van der Waals surface area (Å²) in [5, 5.41) is 12.8. The standard InChI is InChI=1S/C16H12F2N4O5/c17-10-4-5-12(13(18)7-10)16(25)19-8-14(23)20-21-15(24)9-2-1-3-11(6-9)22(26)27/h1-7H,8H2,(H,19,25)(H,20,23)(H,21,24). The van der Waals surface area contributed by atoms with Crippen molar-refractivity contribution in [3.05, 3.63) is 75.3 Å². The first-order valence-electron chi connectivity index (χ1n) is 7.35. The van der Waals surface area contributed by atoms with Crippen LogP contribution < -0.4 is 16.2 Å². The van der Waals surface area contributed by atoms with E-state index in [2.05, 4.69) is 5.32 Å². The molecule has 2 rings (SSSR count). The molecule has 0 aliphatic carbocycles. The summed E-state index contributed by atoms with van der Waals surface area (Å²) in [6.07, 6.45) is 0. The Labute approximate surface area is 150 Å². The Balaban J connectivity index is 1.85. The number of hydrazine groups is 1. The molecule has 11 heteroatoms. The van der Waals surface area contributed by atoms with Gasteiger partial charge in [-0.05, 0) is 18.2 Å². The fourth-order valence-corrected chi connectivity index (χ4v) is 1.93. The summed E-state index contributed by atoms with van der Waals surface area (Å²) < 4.78 is 26.2. The molecule has 0 spiro atoms. The van der Waals surface area contributed by atoms with Crippen molar-refractivity contribution < 1.29 is 28.1 Å². The highest BCUT2D eigenvalue weighted by Crippen LogP contribution is 2.12. The minimum absolute atomic E-state index is 0.0677. The maximum Gasteiger partial charge on any atom is 0.270 e. The molecule has 0 aliphatic heterocycles. The van der Waals surface area contributed by atoms with E-state index in [1.807, 2.05) is 10.9 Å². The van der Waals surface area contributed by atoms with Crippen molar-refractivity contribution in [1.82, 2.24) is 16.2 Å². The third kappa shape index (κ3) is 5.29. The van der Waals surface area contributed by atoms with Crippen LogP contribution in [0.15, 0.2) is 42.5 Å². The van der Waals surface area contributed by atoms with Crippen molar-refractivity contribution in [3.63, 3.8) is 0 Å². The molecule has 27 heavy (non-hydrogen) atoms. The molecule has 9 nitrogen and oxygen atoms in total. The molecular formula is C16H12F2N4O5. The van der Waals surface area contributed by atoms with Gasteiger partial charge >= 0.3 is 0 Å². The molecule has 0 aliphatic rings. The molecule has 2 aromatic carbocycles. The number of nitro benzene ring substituents is 1. The van der Waals surface area contributed by atoms with Gasteiger partial charge in [-0.25, -0.2) is 8.78 Å². The zero-order chi connectivity index (χ0) is 20.0. The van der Waals surface area contributed by atoms with Crippen molar-refractivity contribution in [2.45, 2.75) is 0 Å². The van der Waals surface area contributed by atoms with E-state index in [0.717, 1.165) is 18.2 Å². The fourth-order valence-electron chi connectivity index (χ4n) is 1.93. The fraction of sp³-hybridized carbons (Fsp3) is 0.0625. The maximum atomic E-state index is 13.5. The number of nitro groups is 1. The first-order valence-corrected chi connectivity index (χ1v) is 7.35. The summed E-state index contributed by atoms with van der Waals surface area (Å²) in [6, 6.07) is 7.13. The summed E-state index contributed by atoms with van der Waals surface area (Å²) in [5.41, 5.74) is 3.17. The SMILES string of the molecule is O=C(CNC(=O)c1ccc(F)cc1F)NNC(=O)c1cccc([N+](=O)[O-])c1. The third-order valence-corrected chi connectivity index (χ3v) is 3.22. The van der Waals surface area contributed by atoms with Gasteiger partial charge in [0.15, 0.2) is 0 Å². The average molecular weight is 378 g/mol. The lowest BCUT2D eigenvalue weighted by Crippen LogP contribution is -2.46. The number of benzene rings is 2. The summed E-state index contributed by atoms with van der Waals surface area (Å²) >= 11 is 0. The Kier molecular flexibility index (Phi) is 6.10. The van der Waals surface area contributed by atoms with E-state index in [-0.39, 0.29) is 11.3 Å². The van der Waals surface area contributed by atoms with Crippen LogP contribution in [0, 0.1) is 21.7 Å². The molecule has 140 valence electrons. The van der Waals surface area contributed by atoms with Crippen molar-refractivity contribution >= 4 is 23.4 Å². The van der Waals surface area contributed by atoms with E-state index in [1.54, 1.807) is 0 Å². The lowest BCUT2D eigenvalue weighted by atomic mass is 10.2. The van der Waals surface area contributed by atoms with Gasteiger partial charge in [-0.2, -0.15) is 0 Å². The second-order valence-corrected chi connectivity index (χ2v) is 5.12. The molecule has 3 N–H and O–H groups in total. The minimum Gasteiger partial charge on any atom is -0.343 e. The van der Waals surface area contributed by atoms with E-state index < -0.39 is 46.4 Å². The Morgan fingerprint density at radius 2 is 1.74 bits per heavy atom. The molecule has 0 saturated carbocycles. The van der Waals surface area contributed by atoms with Crippen molar-refractivity contribution in [2.24, 2.45) is 0 Å². The second kappa shape index (κ2) is 8.47. The second-order valence-electron chi connectivity index (χ2n) is 5.12. The Morgan fingerprint density at radius 1 is 1.00 bits per heavy atom. The lowest BCUT2D eigenvalue weighted by molar-refractivity contribution is -0.384. The Hall–Kier alpha value is -3.89. The largest absolute Gasteiger partial charge is 0.343 e. The van der Waals surface area contributed by atoms with Crippen LogP contribution in [0.2, 0.25) is 0 Å². The van der Waals surface area contributed by atoms with Gasteiger partial charge in [-0.3, -0.25) is 35.3 Å². The van der Waals surface area contributed by atoms with Crippen molar-refractivity contribution in [2.75, 3.05) is 6.54 Å². The highest BCUT2D eigenvalue weighted by atomic mass is 19.1. The van der Waals surface area contributed by atoms with E-state index in [1.165, 1.54) is 18.2 Å². The maximum absolute atomic E-state index is 13.5. The minimum atomic E-state index is -1.09. The molecule has 0 radical (unpaired) electrons. The summed E-state index contributed by atoms with van der Waals surface area (Å²) in [4.78, 5) is 45.2. The number of carbonyl (C=O) groups excluding carboxylic acids is 3. The number of rotatable bonds is 5. The molecule has 2 aromatic rings. The van der Waals surface area contributed by atoms with Crippen LogP contribution >= 0.6 is 0 Å². The van der Waals surface area contributed by atoms with Gasteiger partial charge in [-0.1, -0.05) is 6.07 Å². The van der Waals surface area contributed by atoms with Gasteiger partial charge in [0, 0.05) is 23.8 Å². The van der Waals surface area contributed by atoms with Crippen molar-refractivity contribution in [1.29, 1.82) is 0 Å². The number of amides is 3. The third-order valence-electron chi connectivity index (χ3n) is 3.22. The highest BCUT2D eigenvalue weighted by molar-refractivity contribution is 5.98. The monoisotopic (exact) mass is 378 g/mol. The van der Waals surface area contributed by atoms with E-state index in [4.69, 9.17) is 0 Å². The molecule has 3 amide bonds. The summed E-state index contributed by atoms with van der Waals surface area (Å²) in [7, 11) is 0. The zero-order valence-electron chi connectivity index (χ0n) is 13.5. The molecule has 0 aromatic heterocycles. The quantitative estimate of drug-likeness (QED) is 0.529. The van der Waals surface area contributed by atoms with Crippen molar-refractivity contribution in [3.8, 4) is 0 Å². The molecule has 0 bridgehead atoms. The van der Waals surface area contributed by atoms with E-state index in [9.17, 15) is 33.3 Å². The molecule has 0 heterocycles. The number of hydrogen-bond donors (Lipinski definition) is 3. The molecular weight excluding hydrogens is 366 g/mol. The Morgan fingerprint density at radius 3 is 2.41 bits per heavy atom. The number of halogens is 2. The van der Waals surface area contributed by atoms with Gasteiger partial charge in [0.1, 0.15) is 11.6 Å². The van der Waals surface area contributed by atoms with Crippen LogP contribution in [0.25, 0.3) is 0 Å². The predicted molar refractivity (Wildman–Crippen MR) is 87.4 cm³/mol. The van der Waals surface area contributed by atoms with Gasteiger partial charge in [0.2, 0.25) is 0 Å². The van der Waals surface area contributed by atoms with Gasteiger partial charge in [0.05, 0.1) is 17.0 Å². The van der Waals surface area contributed by atoms with Gasteiger partial charge in [-0.15, -0.1) is 0 Å². The molecule has 0 unspecified atom stereocenters. The number of nitrogens with zero attached hydrogens (tertiary/aromatic N) is 1. The molecule has 0 fully saturated rings. The number of nitrogens with one attached hydrogen (secondary N) is 3. The predicted octanol–water partition coefficient (Wildman–Crippen LogP) is 1.06. The molecule has 0 saturated heterocycles. The number of hydrogen-bond acceptors (Lipinski definition) is 5. The molecule has 0 atom stereocenters. The van der Waals surface area contributed by atoms with Crippen LogP contribution in [0.3, 0.4) is 0 Å². The number of non-ortho nitro benzene ring substituents is 1. The summed E-state index contributed by atoms with van der Waals surface area (Å²) in [5.74, 6) is -4.56. The first-order chi connectivity index (χ1) is 12.8.